The fourth-order valence-electron chi connectivity index (χ4n) is 1.53. The molecule has 1 aromatic rings. The number of carbonyl (C=O) groups excluding carboxylic acids is 1. The van der Waals surface area contributed by atoms with E-state index in [1.165, 1.54) is 5.56 Å². The summed E-state index contributed by atoms with van der Waals surface area (Å²) in [5, 5.41) is 0. The molecule has 1 amide bonds. The molecule has 0 spiro atoms. The molecular weight excluding hydrogens is 284 g/mol. The van der Waals surface area contributed by atoms with E-state index in [2.05, 4.69) is 15.9 Å². The van der Waals surface area contributed by atoms with Crippen molar-refractivity contribution in [3.8, 4) is 5.75 Å². The number of carbonyl (C=O) groups is 1. The van der Waals surface area contributed by atoms with Gasteiger partial charge in [-0.05, 0) is 47.1 Å². The lowest BCUT2D eigenvalue weighted by Crippen LogP contribution is -2.32. The Morgan fingerprint density at radius 3 is 2.76 bits per heavy atom. The molecule has 0 atom stereocenters. The Kier molecular flexibility index (Phi) is 5.44. The van der Waals surface area contributed by atoms with Crippen molar-refractivity contribution in [3.05, 3.63) is 28.2 Å². The predicted molar refractivity (Wildman–Crippen MR) is 71.1 cm³/mol. The van der Waals surface area contributed by atoms with Gasteiger partial charge in [-0.1, -0.05) is 6.07 Å². The van der Waals surface area contributed by atoms with Crippen molar-refractivity contribution < 1.29 is 9.53 Å². The Morgan fingerprint density at radius 1 is 1.53 bits per heavy atom. The average Bonchev–Trinajstić information content (AvgIpc) is 2.25. The highest BCUT2D eigenvalue weighted by Gasteiger charge is 2.05. The molecule has 5 heteroatoms. The maximum absolute atomic E-state index is 10.7. The van der Waals surface area contributed by atoms with Gasteiger partial charge in [0.05, 0.1) is 18.1 Å². The highest BCUT2D eigenvalue weighted by molar-refractivity contribution is 9.10. The van der Waals surface area contributed by atoms with Gasteiger partial charge >= 0.3 is 0 Å². The van der Waals surface area contributed by atoms with Gasteiger partial charge in [-0.3, -0.25) is 9.69 Å². The first-order valence-corrected chi connectivity index (χ1v) is 6.11. The molecular formula is C12H17BrN2O2. The smallest absolute Gasteiger partial charge is 0.231 e. The van der Waals surface area contributed by atoms with E-state index >= 15 is 0 Å². The van der Waals surface area contributed by atoms with Crippen molar-refractivity contribution in [2.75, 3.05) is 27.2 Å². The highest BCUT2D eigenvalue weighted by Crippen LogP contribution is 2.25. The van der Waals surface area contributed by atoms with Crippen molar-refractivity contribution in [2.24, 2.45) is 5.73 Å². The van der Waals surface area contributed by atoms with Crippen molar-refractivity contribution in [1.82, 2.24) is 4.90 Å². The van der Waals surface area contributed by atoms with Gasteiger partial charge in [-0.25, -0.2) is 0 Å². The number of methoxy groups -OCH3 is 1. The van der Waals surface area contributed by atoms with Gasteiger partial charge in [0.15, 0.2) is 0 Å². The molecule has 0 bridgehead atoms. The van der Waals surface area contributed by atoms with Crippen LogP contribution in [0.1, 0.15) is 5.56 Å². The first-order valence-electron chi connectivity index (χ1n) is 5.32. The summed E-state index contributed by atoms with van der Waals surface area (Å²) in [6, 6.07) is 5.96. The van der Waals surface area contributed by atoms with Crippen LogP contribution in [0.5, 0.6) is 5.75 Å². The maximum Gasteiger partial charge on any atom is 0.231 e. The third kappa shape index (κ3) is 4.75. The second kappa shape index (κ2) is 6.61. The van der Waals surface area contributed by atoms with Crippen LogP contribution < -0.4 is 10.5 Å². The third-order valence-electron chi connectivity index (χ3n) is 2.42. The number of hydrogen-bond donors (Lipinski definition) is 1. The Balaban J connectivity index is 2.52. The van der Waals surface area contributed by atoms with Crippen LogP contribution in [0.25, 0.3) is 0 Å². The second-order valence-corrected chi connectivity index (χ2v) is 4.78. The number of amides is 1. The summed E-state index contributed by atoms with van der Waals surface area (Å²) in [6.07, 6.45) is 0.867. The number of nitrogens with two attached hydrogens (primary N) is 1. The molecule has 0 unspecified atom stereocenters. The van der Waals surface area contributed by atoms with Crippen LogP contribution in [0.15, 0.2) is 22.7 Å². The number of hydrogen-bond acceptors (Lipinski definition) is 3. The van der Waals surface area contributed by atoms with Gasteiger partial charge in [-0.2, -0.15) is 0 Å². The predicted octanol–water partition coefficient (Wildman–Crippen LogP) is 1.42. The van der Waals surface area contributed by atoms with Gasteiger partial charge < -0.3 is 10.5 Å². The van der Waals surface area contributed by atoms with E-state index in [0.29, 0.717) is 0 Å². The highest BCUT2D eigenvalue weighted by atomic mass is 79.9. The zero-order valence-electron chi connectivity index (χ0n) is 10.1. The fraction of sp³-hybridized carbons (Fsp3) is 0.417. The molecule has 0 saturated heterocycles. The van der Waals surface area contributed by atoms with Crippen molar-refractivity contribution in [3.63, 3.8) is 0 Å². The molecule has 0 aliphatic heterocycles. The Hall–Kier alpha value is -1.07. The zero-order chi connectivity index (χ0) is 12.8. The maximum atomic E-state index is 10.7. The van der Waals surface area contributed by atoms with Gasteiger partial charge in [0.2, 0.25) is 5.91 Å². The third-order valence-corrected chi connectivity index (χ3v) is 3.04. The minimum atomic E-state index is -0.302. The molecule has 17 heavy (non-hydrogen) atoms. The number of rotatable bonds is 6. The average molecular weight is 301 g/mol. The number of nitrogens with zero attached hydrogens (tertiary/aromatic N) is 1. The molecule has 0 heterocycles. The minimum absolute atomic E-state index is 0.289. The lowest BCUT2D eigenvalue weighted by atomic mass is 10.1. The zero-order valence-corrected chi connectivity index (χ0v) is 11.7. The topological polar surface area (TPSA) is 55.6 Å². The van der Waals surface area contributed by atoms with Crippen molar-refractivity contribution in [2.45, 2.75) is 6.42 Å². The number of benzene rings is 1. The van der Waals surface area contributed by atoms with E-state index in [1.807, 2.05) is 30.1 Å². The quantitative estimate of drug-likeness (QED) is 0.864. The summed E-state index contributed by atoms with van der Waals surface area (Å²) in [4.78, 5) is 12.6. The van der Waals surface area contributed by atoms with E-state index < -0.39 is 0 Å². The molecule has 0 aliphatic rings. The summed E-state index contributed by atoms with van der Waals surface area (Å²) >= 11 is 3.44. The molecule has 0 fully saturated rings. The molecule has 4 nitrogen and oxygen atoms in total. The summed E-state index contributed by atoms with van der Waals surface area (Å²) < 4.78 is 6.10. The molecule has 1 aromatic carbocycles. The lowest BCUT2D eigenvalue weighted by Gasteiger charge is -2.14. The van der Waals surface area contributed by atoms with Gasteiger partial charge in [0, 0.05) is 6.54 Å². The lowest BCUT2D eigenvalue weighted by molar-refractivity contribution is -0.118. The summed E-state index contributed by atoms with van der Waals surface area (Å²) in [7, 11) is 3.52. The largest absolute Gasteiger partial charge is 0.496 e. The first-order chi connectivity index (χ1) is 8.02. The van der Waals surface area contributed by atoms with Gasteiger partial charge in [-0.15, -0.1) is 0 Å². The molecule has 2 N–H and O–H groups in total. The molecule has 0 aromatic heterocycles. The SMILES string of the molecule is COc1ccc(CCN(C)CC(N)=O)cc1Br. The van der Waals surface area contributed by atoms with Crippen LogP contribution in [0.2, 0.25) is 0 Å². The van der Waals surface area contributed by atoms with E-state index in [-0.39, 0.29) is 12.5 Å². The van der Waals surface area contributed by atoms with Crippen LogP contribution in [0, 0.1) is 0 Å². The van der Waals surface area contributed by atoms with Crippen molar-refractivity contribution >= 4 is 21.8 Å². The van der Waals surface area contributed by atoms with Crippen LogP contribution in [-0.4, -0.2) is 38.1 Å². The number of primary amides is 1. The standard InChI is InChI=1S/C12H17BrN2O2/c1-15(8-12(14)16)6-5-9-3-4-11(17-2)10(13)7-9/h3-4,7H,5-6,8H2,1-2H3,(H2,14,16). The van der Waals surface area contributed by atoms with E-state index in [4.69, 9.17) is 10.5 Å². The molecule has 0 saturated carbocycles. The van der Waals surface area contributed by atoms with Crippen LogP contribution in [0.3, 0.4) is 0 Å². The summed E-state index contributed by atoms with van der Waals surface area (Å²) in [5.74, 6) is 0.516. The number of likely N-dealkylation sites (N-methyl/N-ethyl adjacent to an activating group) is 1. The normalized spacial score (nSPS) is 10.6. The second-order valence-electron chi connectivity index (χ2n) is 3.92. The Labute approximate surface area is 110 Å². The Bertz CT molecular complexity index is 396. The number of ether oxygens (including phenoxy) is 1. The van der Waals surface area contributed by atoms with Gasteiger partial charge in [0.25, 0.3) is 0 Å². The fourth-order valence-corrected chi connectivity index (χ4v) is 2.12. The van der Waals surface area contributed by atoms with E-state index in [9.17, 15) is 4.79 Å². The summed E-state index contributed by atoms with van der Waals surface area (Å²) in [6.45, 7) is 1.08. The van der Waals surface area contributed by atoms with Crippen molar-refractivity contribution in [1.29, 1.82) is 0 Å². The van der Waals surface area contributed by atoms with Crippen LogP contribution in [-0.2, 0) is 11.2 Å². The molecule has 94 valence electrons. The Morgan fingerprint density at radius 2 is 2.24 bits per heavy atom. The van der Waals surface area contributed by atoms with Gasteiger partial charge in [0.1, 0.15) is 5.75 Å². The molecule has 1 rings (SSSR count). The molecule has 0 radical (unpaired) electrons. The first kappa shape index (κ1) is 14.0. The summed E-state index contributed by atoms with van der Waals surface area (Å²) in [5.41, 5.74) is 6.31. The van der Waals surface area contributed by atoms with E-state index in [0.717, 1.165) is 23.2 Å². The minimum Gasteiger partial charge on any atom is -0.496 e. The van der Waals surface area contributed by atoms with E-state index in [1.54, 1.807) is 7.11 Å². The molecule has 0 aliphatic carbocycles. The monoisotopic (exact) mass is 300 g/mol. The van der Waals surface area contributed by atoms with Crippen LogP contribution >= 0.6 is 15.9 Å². The number of halogens is 1. The van der Waals surface area contributed by atoms with Crippen LogP contribution in [0.4, 0.5) is 0 Å².